The topological polar surface area (TPSA) is 61.4 Å². The summed E-state index contributed by atoms with van der Waals surface area (Å²) in [5.41, 5.74) is 2.36. The minimum Gasteiger partial charge on any atom is -0.392 e. The highest BCUT2D eigenvalue weighted by Gasteiger charge is 2.22. The lowest BCUT2D eigenvalue weighted by molar-refractivity contribution is -0.116. The first-order chi connectivity index (χ1) is 6.72. The summed E-state index contributed by atoms with van der Waals surface area (Å²) in [6.45, 7) is 1.76. The number of nitrogens with one attached hydrogen (secondary N) is 2. The molecule has 1 atom stereocenters. The summed E-state index contributed by atoms with van der Waals surface area (Å²) in [5.74, 6) is -0.0485. The fourth-order valence-corrected chi connectivity index (χ4v) is 1.53. The molecule has 0 fully saturated rings. The second-order valence-corrected chi connectivity index (χ2v) is 3.35. The number of carbonyl (C=O) groups is 1. The predicted octanol–water partition coefficient (Wildman–Crippen LogP) is 0.931. The van der Waals surface area contributed by atoms with Crippen molar-refractivity contribution in [2.45, 2.75) is 19.6 Å². The number of hydrogen-bond acceptors (Lipinski definition) is 3. The van der Waals surface area contributed by atoms with Crippen LogP contribution in [-0.4, -0.2) is 17.1 Å². The number of carbonyl (C=O) groups excluding carboxylic acids is 1. The number of hydrogen-bond donors (Lipinski definition) is 3. The van der Waals surface area contributed by atoms with Gasteiger partial charge in [-0.3, -0.25) is 4.79 Å². The summed E-state index contributed by atoms with van der Waals surface area (Å²) in [6.07, 6.45) is 0. The molecule has 4 nitrogen and oxygen atoms in total. The Balaban J connectivity index is 2.46. The second kappa shape index (κ2) is 3.31. The van der Waals surface area contributed by atoms with Crippen molar-refractivity contribution in [3.63, 3.8) is 0 Å². The smallest absolute Gasteiger partial charge is 0.246 e. The molecule has 1 aromatic carbocycles. The lowest BCUT2D eigenvalue weighted by Crippen LogP contribution is -2.36. The molecule has 0 spiro atoms. The van der Waals surface area contributed by atoms with Gasteiger partial charge in [0.2, 0.25) is 5.91 Å². The number of aliphatic hydroxyl groups excluding tert-OH is 1. The second-order valence-electron chi connectivity index (χ2n) is 3.35. The minimum atomic E-state index is -0.254. The van der Waals surface area contributed by atoms with E-state index in [9.17, 15) is 4.79 Å². The Kier molecular flexibility index (Phi) is 2.13. The van der Waals surface area contributed by atoms with Crippen LogP contribution in [0.3, 0.4) is 0 Å². The molecule has 1 aromatic rings. The van der Waals surface area contributed by atoms with Crippen molar-refractivity contribution >= 4 is 17.3 Å². The van der Waals surface area contributed by atoms with Gasteiger partial charge in [0.25, 0.3) is 0 Å². The SMILES string of the molecule is CC1Nc2c(CO)cccc2NC1=O. The van der Waals surface area contributed by atoms with Crippen LogP contribution >= 0.6 is 0 Å². The maximum absolute atomic E-state index is 11.3. The first-order valence-corrected chi connectivity index (χ1v) is 4.52. The van der Waals surface area contributed by atoms with Crippen LogP contribution in [0.4, 0.5) is 11.4 Å². The van der Waals surface area contributed by atoms with Crippen LogP contribution in [-0.2, 0) is 11.4 Å². The highest BCUT2D eigenvalue weighted by atomic mass is 16.3. The number of para-hydroxylation sites is 1. The fraction of sp³-hybridized carbons (Fsp3) is 0.300. The van der Waals surface area contributed by atoms with E-state index in [4.69, 9.17) is 5.11 Å². The van der Waals surface area contributed by atoms with Gasteiger partial charge < -0.3 is 15.7 Å². The standard InChI is InChI=1S/C10H12N2O2/c1-6-10(14)12-8-4-2-3-7(5-13)9(8)11-6/h2-4,6,11,13H,5H2,1H3,(H,12,14). The lowest BCUT2D eigenvalue weighted by Gasteiger charge is -2.25. The fourth-order valence-electron chi connectivity index (χ4n) is 1.53. The summed E-state index contributed by atoms with van der Waals surface area (Å²) < 4.78 is 0. The Bertz CT molecular complexity index is 376. The number of fused-ring (bicyclic) bond motifs is 1. The van der Waals surface area contributed by atoms with Crippen LogP contribution in [0.5, 0.6) is 0 Å². The van der Waals surface area contributed by atoms with E-state index >= 15 is 0 Å². The van der Waals surface area contributed by atoms with Crippen molar-refractivity contribution in [1.82, 2.24) is 0 Å². The van der Waals surface area contributed by atoms with Gasteiger partial charge in [0.05, 0.1) is 18.0 Å². The van der Waals surface area contributed by atoms with E-state index in [0.717, 1.165) is 16.9 Å². The van der Waals surface area contributed by atoms with Crippen molar-refractivity contribution < 1.29 is 9.90 Å². The number of anilines is 2. The number of amides is 1. The summed E-state index contributed by atoms with van der Waals surface area (Å²) in [6, 6.07) is 5.19. The van der Waals surface area contributed by atoms with Crippen LogP contribution in [0.1, 0.15) is 12.5 Å². The zero-order valence-electron chi connectivity index (χ0n) is 7.87. The van der Waals surface area contributed by atoms with Crippen molar-refractivity contribution in [3.05, 3.63) is 23.8 Å². The van der Waals surface area contributed by atoms with Crippen molar-refractivity contribution in [2.24, 2.45) is 0 Å². The van der Waals surface area contributed by atoms with Crippen molar-refractivity contribution in [2.75, 3.05) is 10.6 Å². The van der Waals surface area contributed by atoms with Gasteiger partial charge in [-0.15, -0.1) is 0 Å². The van der Waals surface area contributed by atoms with E-state index < -0.39 is 0 Å². The molecule has 0 radical (unpaired) electrons. The van der Waals surface area contributed by atoms with Gasteiger partial charge in [-0.2, -0.15) is 0 Å². The number of aliphatic hydroxyl groups is 1. The zero-order valence-corrected chi connectivity index (χ0v) is 7.87. The highest BCUT2D eigenvalue weighted by Crippen LogP contribution is 2.30. The zero-order chi connectivity index (χ0) is 10.1. The third-order valence-electron chi connectivity index (χ3n) is 2.33. The largest absolute Gasteiger partial charge is 0.392 e. The molecule has 0 bridgehead atoms. The van der Waals surface area contributed by atoms with Crippen LogP contribution in [0, 0.1) is 0 Å². The third-order valence-corrected chi connectivity index (χ3v) is 2.33. The summed E-state index contributed by atoms with van der Waals surface area (Å²) in [5, 5.41) is 14.9. The molecule has 1 heterocycles. The first-order valence-electron chi connectivity index (χ1n) is 4.52. The molecule has 74 valence electrons. The van der Waals surface area contributed by atoms with Gasteiger partial charge >= 0.3 is 0 Å². The van der Waals surface area contributed by atoms with E-state index in [1.165, 1.54) is 0 Å². The third kappa shape index (κ3) is 1.33. The van der Waals surface area contributed by atoms with Gasteiger partial charge in [0.1, 0.15) is 6.04 Å². The monoisotopic (exact) mass is 192 g/mol. The predicted molar refractivity (Wildman–Crippen MR) is 54.1 cm³/mol. The van der Waals surface area contributed by atoms with Gasteiger partial charge in [-0.1, -0.05) is 12.1 Å². The van der Waals surface area contributed by atoms with Crippen molar-refractivity contribution in [3.8, 4) is 0 Å². The molecule has 0 saturated carbocycles. The van der Waals surface area contributed by atoms with E-state index in [1.807, 2.05) is 18.2 Å². The van der Waals surface area contributed by atoms with Gasteiger partial charge in [-0.05, 0) is 13.0 Å². The Morgan fingerprint density at radius 2 is 2.29 bits per heavy atom. The molecule has 1 amide bonds. The summed E-state index contributed by atoms with van der Waals surface area (Å²) >= 11 is 0. The molecule has 3 N–H and O–H groups in total. The van der Waals surface area contributed by atoms with E-state index in [1.54, 1.807) is 6.92 Å². The van der Waals surface area contributed by atoms with Gasteiger partial charge in [-0.25, -0.2) is 0 Å². The minimum absolute atomic E-state index is 0.0290. The molecule has 14 heavy (non-hydrogen) atoms. The normalized spacial score (nSPS) is 19.6. The van der Waals surface area contributed by atoms with E-state index in [2.05, 4.69) is 10.6 Å². The Morgan fingerprint density at radius 3 is 3.00 bits per heavy atom. The Morgan fingerprint density at radius 1 is 1.50 bits per heavy atom. The molecule has 1 aliphatic rings. The molecule has 1 unspecified atom stereocenters. The maximum atomic E-state index is 11.3. The molecular formula is C10H12N2O2. The molecule has 1 aliphatic heterocycles. The van der Waals surface area contributed by atoms with Gasteiger partial charge in [0.15, 0.2) is 0 Å². The quantitative estimate of drug-likeness (QED) is 0.620. The number of rotatable bonds is 1. The summed E-state index contributed by atoms with van der Waals surface area (Å²) in [4.78, 5) is 11.3. The Hall–Kier alpha value is -1.55. The lowest BCUT2D eigenvalue weighted by atomic mass is 10.1. The van der Waals surface area contributed by atoms with Crippen LogP contribution in [0.15, 0.2) is 18.2 Å². The van der Waals surface area contributed by atoms with Gasteiger partial charge in [0, 0.05) is 5.56 Å². The van der Waals surface area contributed by atoms with Crippen LogP contribution in [0.25, 0.3) is 0 Å². The highest BCUT2D eigenvalue weighted by molar-refractivity contribution is 6.03. The molecular weight excluding hydrogens is 180 g/mol. The first kappa shape index (κ1) is 9.02. The van der Waals surface area contributed by atoms with E-state index in [-0.39, 0.29) is 18.6 Å². The molecule has 2 rings (SSSR count). The maximum Gasteiger partial charge on any atom is 0.246 e. The van der Waals surface area contributed by atoms with Crippen LogP contribution < -0.4 is 10.6 Å². The molecule has 4 heteroatoms. The average molecular weight is 192 g/mol. The Labute approximate surface area is 81.9 Å². The summed E-state index contributed by atoms with van der Waals surface area (Å²) in [7, 11) is 0. The molecule has 0 aromatic heterocycles. The van der Waals surface area contributed by atoms with Crippen molar-refractivity contribution in [1.29, 1.82) is 0 Å². The average Bonchev–Trinajstić information content (AvgIpc) is 2.19. The number of benzene rings is 1. The van der Waals surface area contributed by atoms with E-state index in [0.29, 0.717) is 0 Å². The molecule has 0 aliphatic carbocycles. The molecule has 0 saturated heterocycles. The van der Waals surface area contributed by atoms with Crippen LogP contribution in [0.2, 0.25) is 0 Å².